The van der Waals surface area contributed by atoms with Crippen LogP contribution in [0.25, 0.3) is 11.0 Å². The number of hydrogen-bond acceptors (Lipinski definition) is 15. The molecule has 1 atom stereocenters. The van der Waals surface area contributed by atoms with Crippen molar-refractivity contribution in [3.63, 3.8) is 0 Å². The van der Waals surface area contributed by atoms with E-state index in [-0.39, 0.29) is 24.2 Å². The van der Waals surface area contributed by atoms with E-state index in [9.17, 15) is 23.7 Å². The van der Waals surface area contributed by atoms with Gasteiger partial charge in [0.15, 0.2) is 0 Å². The van der Waals surface area contributed by atoms with Gasteiger partial charge in [0, 0.05) is 75.2 Å². The van der Waals surface area contributed by atoms with Crippen molar-refractivity contribution in [2.45, 2.75) is 76.2 Å². The molecule has 2 aromatic heterocycles. The van der Waals surface area contributed by atoms with E-state index in [4.69, 9.17) is 9.72 Å². The maximum atomic E-state index is 13.6. The van der Waals surface area contributed by atoms with Crippen LogP contribution in [-0.2, 0) is 14.2 Å². The van der Waals surface area contributed by atoms with Gasteiger partial charge in [0.25, 0.3) is 11.8 Å². The number of amides is 4. The van der Waals surface area contributed by atoms with Crippen molar-refractivity contribution in [3.8, 4) is 5.75 Å². The SMILES string of the molecule is COc1cc(N2CCC(CN3CCC4(CCCN(c5ccc6c(c5)C(=O)N(C5CCC(=O)NC5=O)C6=O)C4)CC3)CC2)c(C2CC2)cc1Nc1ncc(Br)c(Nc2ccc3nccnc3c2P(C)(C)=O)n1. The summed E-state index contributed by atoms with van der Waals surface area (Å²) in [4.78, 5) is 78.4. The highest BCUT2D eigenvalue weighted by atomic mass is 79.9. The predicted molar refractivity (Wildman–Crippen MR) is 277 cm³/mol. The molecule has 1 unspecified atom stereocenters. The molecule has 0 bridgehead atoms. The van der Waals surface area contributed by atoms with Gasteiger partial charge in [-0.1, -0.05) is 0 Å². The van der Waals surface area contributed by atoms with Crippen molar-refractivity contribution >= 4 is 97.6 Å². The van der Waals surface area contributed by atoms with Crippen LogP contribution in [0.4, 0.5) is 34.5 Å². The smallest absolute Gasteiger partial charge is 0.262 e. The second-order valence-electron chi connectivity index (χ2n) is 20.7. The molecule has 6 aliphatic rings. The molecular formula is C52H59BrN11O6P. The lowest BCUT2D eigenvalue weighted by Gasteiger charge is -2.49. The molecule has 11 rings (SSSR count). The van der Waals surface area contributed by atoms with Crippen molar-refractivity contribution in [2.75, 3.05) is 86.7 Å². The zero-order valence-corrected chi connectivity index (χ0v) is 42.9. The summed E-state index contributed by atoms with van der Waals surface area (Å²) >= 11 is 3.62. The third kappa shape index (κ3) is 9.38. The monoisotopic (exact) mass is 1040 g/mol. The van der Waals surface area contributed by atoms with Gasteiger partial charge in [0.1, 0.15) is 30.3 Å². The molecule has 3 N–H and O–H groups in total. The maximum Gasteiger partial charge on any atom is 0.262 e. The van der Waals surface area contributed by atoms with E-state index in [1.807, 2.05) is 24.3 Å². The van der Waals surface area contributed by atoms with Crippen molar-refractivity contribution < 1.29 is 28.5 Å². The number of rotatable bonds is 12. The highest BCUT2D eigenvalue weighted by molar-refractivity contribution is 9.10. The normalized spacial score (nSPS) is 21.0. The minimum absolute atomic E-state index is 0.0972. The predicted octanol–water partition coefficient (Wildman–Crippen LogP) is 7.80. The van der Waals surface area contributed by atoms with Gasteiger partial charge in [0.05, 0.1) is 44.9 Å². The summed E-state index contributed by atoms with van der Waals surface area (Å²) < 4.78 is 20.3. The molecular weight excluding hydrogens is 986 g/mol. The average molecular weight is 1040 g/mol. The number of nitrogens with zero attached hydrogens (tertiary/aromatic N) is 8. The maximum absolute atomic E-state index is 13.6. The van der Waals surface area contributed by atoms with Crippen LogP contribution in [0.2, 0.25) is 0 Å². The number of imide groups is 2. The first-order chi connectivity index (χ1) is 34.2. The summed E-state index contributed by atoms with van der Waals surface area (Å²) in [6.45, 7) is 10.5. The summed E-state index contributed by atoms with van der Waals surface area (Å²) in [7, 11) is -1.08. The van der Waals surface area contributed by atoms with Crippen LogP contribution in [0.5, 0.6) is 5.75 Å². The zero-order chi connectivity index (χ0) is 49.2. The molecule has 4 saturated heterocycles. The fraction of sp³-hybridized carbons (Fsp3) is 0.462. The average Bonchev–Trinajstić information content (AvgIpc) is 4.18. The Morgan fingerprint density at radius 1 is 0.831 bits per heavy atom. The van der Waals surface area contributed by atoms with E-state index in [1.165, 1.54) is 17.7 Å². The Labute approximate surface area is 421 Å². The molecule has 1 aliphatic carbocycles. The Morgan fingerprint density at radius 3 is 2.35 bits per heavy atom. The number of anilines is 6. The number of fused-ring (bicyclic) bond motifs is 2. The minimum Gasteiger partial charge on any atom is -0.494 e. The summed E-state index contributed by atoms with van der Waals surface area (Å²) in [6, 6.07) is 12.7. The molecule has 71 heavy (non-hydrogen) atoms. The largest absolute Gasteiger partial charge is 0.494 e. The summed E-state index contributed by atoms with van der Waals surface area (Å²) in [5, 5.41) is 9.76. The van der Waals surface area contributed by atoms with Crippen LogP contribution < -0.4 is 35.8 Å². The number of piperidine rings is 4. The third-order valence-corrected chi connectivity index (χ3v) is 17.7. The Hall–Kier alpha value is -5.97. The van der Waals surface area contributed by atoms with E-state index in [0.29, 0.717) is 61.2 Å². The molecule has 1 spiro atoms. The minimum atomic E-state index is -2.78. The molecule has 17 nitrogen and oxygen atoms in total. The number of likely N-dealkylation sites (tertiary alicyclic amines) is 1. The highest BCUT2D eigenvalue weighted by Crippen LogP contribution is 2.49. The number of nitrogens with one attached hydrogen (secondary N) is 3. The van der Waals surface area contributed by atoms with Gasteiger partial charge in [-0.25, -0.2) is 4.98 Å². The van der Waals surface area contributed by atoms with Crippen molar-refractivity contribution in [1.29, 1.82) is 0 Å². The number of halogens is 1. The quantitative estimate of drug-likeness (QED) is 0.0808. The number of methoxy groups -OCH3 is 1. The van der Waals surface area contributed by atoms with Crippen LogP contribution in [-0.4, -0.2) is 126 Å². The Bertz CT molecular complexity index is 3020. The number of hydrogen-bond donors (Lipinski definition) is 3. The van der Waals surface area contributed by atoms with Gasteiger partial charge in [-0.3, -0.25) is 39.4 Å². The van der Waals surface area contributed by atoms with Crippen LogP contribution in [0, 0.1) is 11.3 Å². The molecule has 5 fully saturated rings. The first-order valence-electron chi connectivity index (χ1n) is 24.9. The number of carbonyl (C=O) groups excluding carboxylic acids is 4. The van der Waals surface area contributed by atoms with Crippen LogP contribution in [0.3, 0.4) is 0 Å². The van der Waals surface area contributed by atoms with Gasteiger partial charge < -0.3 is 34.6 Å². The molecule has 5 aliphatic heterocycles. The van der Waals surface area contributed by atoms with E-state index in [1.54, 1.807) is 45.1 Å². The lowest BCUT2D eigenvalue weighted by atomic mass is 9.72. The second kappa shape index (κ2) is 18.9. The lowest BCUT2D eigenvalue weighted by molar-refractivity contribution is -0.136. The number of carbonyl (C=O) groups is 4. The molecule has 5 aromatic rings. The van der Waals surface area contributed by atoms with Gasteiger partial charge in [-0.05, 0) is 159 Å². The first kappa shape index (κ1) is 47.4. The van der Waals surface area contributed by atoms with Crippen molar-refractivity contribution in [3.05, 3.63) is 82.2 Å². The molecule has 3 aromatic carbocycles. The van der Waals surface area contributed by atoms with Gasteiger partial charge in [-0.15, -0.1) is 0 Å². The number of benzene rings is 3. The molecule has 1 saturated carbocycles. The molecule has 19 heteroatoms. The van der Waals surface area contributed by atoms with E-state index >= 15 is 0 Å². The summed E-state index contributed by atoms with van der Waals surface area (Å²) in [5.41, 5.74) is 7.08. The van der Waals surface area contributed by atoms with Gasteiger partial charge in [-0.2, -0.15) is 4.98 Å². The standard InChI is InChI=1S/C52H59BrN11O6P/c1-70-43-27-42(35(32-5-6-32)26-40(43)58-51-56-28-37(53)47(60-51)57-39-10-9-38-45(55-19-18-54-38)46(39)71(2,3)69)62-21-13-31(14-22-62)29-61-23-16-52(17-24-61)15-4-20-63(30-52)33-7-8-34-36(25-33)50(68)64(49(34)67)41-11-12-44(65)59-48(41)66/h7-10,18-19,25-28,31-32,41H,4-6,11-17,20-24,29-30H2,1-3H3,(H,59,65,66)(H2,56,57,58,60). The van der Waals surface area contributed by atoms with E-state index < -0.39 is 30.9 Å². The van der Waals surface area contributed by atoms with E-state index in [0.717, 1.165) is 113 Å². The Kier molecular flexibility index (Phi) is 12.6. The Morgan fingerprint density at radius 2 is 1.61 bits per heavy atom. The third-order valence-electron chi connectivity index (χ3n) is 15.6. The number of ether oxygens (including phenoxy) is 1. The Balaban J connectivity index is 0.710. The van der Waals surface area contributed by atoms with Crippen LogP contribution >= 0.6 is 23.1 Å². The van der Waals surface area contributed by atoms with E-state index in [2.05, 4.69) is 73.7 Å². The van der Waals surface area contributed by atoms with Crippen LogP contribution in [0.1, 0.15) is 96.4 Å². The van der Waals surface area contributed by atoms with Crippen LogP contribution in [0.15, 0.2) is 65.5 Å². The number of aromatic nitrogens is 4. The summed E-state index contributed by atoms with van der Waals surface area (Å²) in [6.07, 6.45) is 14.3. The van der Waals surface area contributed by atoms with Gasteiger partial charge in [0.2, 0.25) is 17.8 Å². The van der Waals surface area contributed by atoms with Crippen molar-refractivity contribution in [2.24, 2.45) is 11.3 Å². The fourth-order valence-electron chi connectivity index (χ4n) is 11.7. The summed E-state index contributed by atoms with van der Waals surface area (Å²) in [5.74, 6) is 0.834. The molecule has 7 heterocycles. The highest BCUT2D eigenvalue weighted by Gasteiger charge is 2.46. The fourth-order valence-corrected chi connectivity index (χ4v) is 13.4. The molecule has 0 radical (unpaired) electrons. The van der Waals surface area contributed by atoms with Crippen molar-refractivity contribution in [1.82, 2.24) is 35.1 Å². The second-order valence-corrected chi connectivity index (χ2v) is 24.7. The lowest BCUT2D eigenvalue weighted by Crippen LogP contribution is -2.54. The molecule has 370 valence electrons. The zero-order valence-electron chi connectivity index (χ0n) is 40.4. The van der Waals surface area contributed by atoms with Gasteiger partial charge >= 0.3 is 0 Å². The first-order valence-corrected chi connectivity index (χ1v) is 28.3. The topological polar surface area (TPSA) is 195 Å². The molecule has 4 amide bonds.